The molecule has 0 rings (SSSR count). The largest absolute Gasteiger partial charge is 0.363 e. The molecule has 0 spiro atoms. The smallest absolute Gasteiger partial charge is 0.281 e. The number of carbonyl (C=O) groups excluding carboxylic acids is 2. The number of hydrogen-bond acceptors (Lipinski definition) is 3. The van der Waals surface area contributed by atoms with Crippen molar-refractivity contribution in [2.45, 2.75) is 0 Å². The van der Waals surface area contributed by atoms with Crippen LogP contribution in [0.4, 0.5) is 0 Å². The molecule has 36 valence electrons. The van der Waals surface area contributed by atoms with E-state index < -0.39 is 5.91 Å². The number of primary amides is 1. The molecule has 1 amide bonds. The molecule has 0 radical (unpaired) electrons. The fourth-order valence-electron chi connectivity index (χ4n) is 0. The maximum atomic E-state index is 9.22. The number of hydrogen-bond donors (Lipinski definition) is 2. The highest BCUT2D eigenvalue weighted by Crippen LogP contribution is 1.30. The van der Waals surface area contributed by atoms with E-state index in [2.05, 4.69) is 5.73 Å². The minimum absolute atomic E-state index is 0. The van der Waals surface area contributed by atoms with Gasteiger partial charge in [-0.3, -0.25) is 9.59 Å². The summed E-state index contributed by atoms with van der Waals surface area (Å²) >= 11 is 0. The van der Waals surface area contributed by atoms with Crippen LogP contribution in [0.25, 0.3) is 0 Å². The van der Waals surface area contributed by atoms with Gasteiger partial charge in [-0.1, -0.05) is 0 Å². The molecule has 0 unspecified atom stereocenters. The zero-order valence-electron chi connectivity index (χ0n) is 3.18. The SMILES string of the molecule is N.NC(=O)C=O. The molecule has 5 N–H and O–H groups in total. The first kappa shape index (κ1) is 8.92. The molecule has 0 aromatic carbocycles. The highest BCUT2D eigenvalue weighted by molar-refractivity contribution is 6.22. The summed E-state index contributed by atoms with van der Waals surface area (Å²) in [6, 6.07) is 0. The van der Waals surface area contributed by atoms with Crippen molar-refractivity contribution >= 4 is 12.2 Å². The van der Waals surface area contributed by atoms with Gasteiger partial charge in [-0.2, -0.15) is 0 Å². The van der Waals surface area contributed by atoms with E-state index in [9.17, 15) is 4.79 Å². The van der Waals surface area contributed by atoms with E-state index in [1.807, 2.05) is 0 Å². The lowest BCUT2D eigenvalue weighted by Gasteiger charge is -1.60. The average molecular weight is 90.1 g/mol. The molecule has 0 bridgehead atoms. The summed E-state index contributed by atoms with van der Waals surface area (Å²) in [6.45, 7) is 0. The Hall–Kier alpha value is -0.900. The fraction of sp³-hybridized carbons (Fsp3) is 0. The Balaban J connectivity index is 0. The third-order valence-corrected chi connectivity index (χ3v) is 0.116. The number of amides is 1. The number of nitrogens with two attached hydrogens (primary N) is 1. The van der Waals surface area contributed by atoms with Crippen LogP contribution in [0.2, 0.25) is 0 Å². The van der Waals surface area contributed by atoms with Gasteiger partial charge in [-0.05, 0) is 0 Å². The standard InChI is InChI=1S/C2H3NO2.H3N/c3-2(5)1-4;/h1H,(H2,3,5);1H3. The second kappa shape index (κ2) is 4.10. The Morgan fingerprint density at radius 3 is 1.83 bits per heavy atom. The van der Waals surface area contributed by atoms with E-state index >= 15 is 0 Å². The van der Waals surface area contributed by atoms with Gasteiger partial charge in [0.15, 0.2) is 0 Å². The summed E-state index contributed by atoms with van der Waals surface area (Å²) in [5, 5.41) is 0. The molecule has 0 fully saturated rings. The average Bonchev–Trinajstić information content (AvgIpc) is 1.38. The van der Waals surface area contributed by atoms with Crippen molar-refractivity contribution in [2.75, 3.05) is 0 Å². The molecule has 0 saturated heterocycles. The molecular formula is C2H6N2O2. The highest BCUT2D eigenvalue weighted by atomic mass is 16.2. The van der Waals surface area contributed by atoms with Gasteiger partial charge in [0.25, 0.3) is 5.91 Å². The maximum absolute atomic E-state index is 9.22. The first-order chi connectivity index (χ1) is 2.27. The predicted molar refractivity (Wildman–Crippen MR) is 20.3 cm³/mol. The minimum atomic E-state index is -0.926. The van der Waals surface area contributed by atoms with Crippen LogP contribution < -0.4 is 11.9 Å². The summed E-state index contributed by atoms with van der Waals surface area (Å²) in [6.07, 6.45) is 0.0556. The predicted octanol–water partition coefficient (Wildman–Crippen LogP) is -1.17. The van der Waals surface area contributed by atoms with Crippen LogP contribution in [-0.2, 0) is 9.59 Å². The van der Waals surface area contributed by atoms with E-state index in [4.69, 9.17) is 4.79 Å². The van der Waals surface area contributed by atoms with Crippen molar-refractivity contribution in [2.24, 2.45) is 5.73 Å². The minimum Gasteiger partial charge on any atom is -0.363 e. The van der Waals surface area contributed by atoms with Crippen molar-refractivity contribution in [3.63, 3.8) is 0 Å². The molecule has 0 aromatic rings. The fourth-order valence-corrected chi connectivity index (χ4v) is 0. The van der Waals surface area contributed by atoms with E-state index in [0.29, 0.717) is 0 Å². The summed E-state index contributed by atoms with van der Waals surface area (Å²) in [5.74, 6) is -0.926. The van der Waals surface area contributed by atoms with Gasteiger partial charge in [0, 0.05) is 0 Å². The first-order valence-electron chi connectivity index (χ1n) is 1.02. The Morgan fingerprint density at radius 2 is 1.83 bits per heavy atom. The molecule has 0 aliphatic carbocycles. The van der Waals surface area contributed by atoms with Gasteiger partial charge in [0.2, 0.25) is 6.29 Å². The molecule has 0 saturated carbocycles. The van der Waals surface area contributed by atoms with Gasteiger partial charge in [-0.25, -0.2) is 0 Å². The molecule has 0 aromatic heterocycles. The molecular weight excluding hydrogens is 84.0 g/mol. The molecule has 0 aliphatic rings. The zero-order valence-corrected chi connectivity index (χ0v) is 3.18. The highest BCUT2D eigenvalue weighted by Gasteiger charge is 1.76. The second-order valence-electron chi connectivity index (χ2n) is 0.520. The summed E-state index contributed by atoms with van der Waals surface area (Å²) in [5.41, 5.74) is 4.28. The summed E-state index contributed by atoms with van der Waals surface area (Å²) in [4.78, 5) is 18.3. The van der Waals surface area contributed by atoms with Gasteiger partial charge < -0.3 is 11.9 Å². The van der Waals surface area contributed by atoms with Crippen LogP contribution in [0.5, 0.6) is 0 Å². The second-order valence-corrected chi connectivity index (χ2v) is 0.520. The Kier molecular flexibility index (Phi) is 6.10. The van der Waals surface area contributed by atoms with E-state index in [-0.39, 0.29) is 12.4 Å². The van der Waals surface area contributed by atoms with Gasteiger partial charge in [0.1, 0.15) is 0 Å². The van der Waals surface area contributed by atoms with Crippen molar-refractivity contribution in [3.8, 4) is 0 Å². The lowest BCUT2D eigenvalue weighted by molar-refractivity contribution is -0.129. The monoisotopic (exact) mass is 90.0 g/mol. The van der Waals surface area contributed by atoms with Gasteiger partial charge >= 0.3 is 0 Å². The maximum Gasteiger partial charge on any atom is 0.281 e. The van der Waals surface area contributed by atoms with Crippen LogP contribution in [0.1, 0.15) is 0 Å². The van der Waals surface area contributed by atoms with E-state index in [1.165, 1.54) is 0 Å². The summed E-state index contributed by atoms with van der Waals surface area (Å²) < 4.78 is 0. The van der Waals surface area contributed by atoms with Crippen molar-refractivity contribution in [1.82, 2.24) is 6.15 Å². The first-order valence-corrected chi connectivity index (χ1v) is 1.02. The van der Waals surface area contributed by atoms with Crippen molar-refractivity contribution in [1.29, 1.82) is 0 Å². The van der Waals surface area contributed by atoms with E-state index in [0.717, 1.165) is 0 Å². The zero-order chi connectivity index (χ0) is 4.28. The van der Waals surface area contributed by atoms with Crippen LogP contribution in [0.3, 0.4) is 0 Å². The normalized spacial score (nSPS) is 5.33. The van der Waals surface area contributed by atoms with E-state index in [1.54, 1.807) is 0 Å². The third kappa shape index (κ3) is 11.3. The molecule has 6 heavy (non-hydrogen) atoms. The Bertz CT molecular complexity index is 60.6. The van der Waals surface area contributed by atoms with Gasteiger partial charge in [-0.15, -0.1) is 0 Å². The summed E-state index contributed by atoms with van der Waals surface area (Å²) in [7, 11) is 0. The third-order valence-electron chi connectivity index (χ3n) is 0.116. The van der Waals surface area contributed by atoms with Crippen molar-refractivity contribution in [3.05, 3.63) is 0 Å². The topological polar surface area (TPSA) is 95.2 Å². The van der Waals surface area contributed by atoms with Crippen LogP contribution in [0.15, 0.2) is 0 Å². The van der Waals surface area contributed by atoms with Gasteiger partial charge in [0.05, 0.1) is 0 Å². The molecule has 0 aliphatic heterocycles. The quantitative estimate of drug-likeness (QED) is 0.313. The van der Waals surface area contributed by atoms with Crippen LogP contribution >= 0.6 is 0 Å². The number of carbonyl (C=O) groups is 2. The number of rotatable bonds is 1. The molecule has 0 atom stereocenters. The Morgan fingerprint density at radius 1 is 1.67 bits per heavy atom. The molecule has 4 nitrogen and oxygen atoms in total. The Labute approximate surface area is 34.9 Å². The lowest BCUT2D eigenvalue weighted by atomic mass is 10.8. The molecule has 0 heterocycles. The molecule has 4 heteroatoms. The number of aldehydes is 1. The van der Waals surface area contributed by atoms with Crippen LogP contribution in [-0.4, -0.2) is 12.2 Å². The van der Waals surface area contributed by atoms with Crippen LogP contribution in [0, 0.1) is 0 Å². The lowest BCUT2D eigenvalue weighted by Crippen LogP contribution is -2.10. The van der Waals surface area contributed by atoms with Crippen molar-refractivity contribution < 1.29 is 9.59 Å².